The Labute approximate surface area is 214 Å². The van der Waals surface area contributed by atoms with E-state index in [4.69, 9.17) is 5.73 Å². The van der Waals surface area contributed by atoms with Gasteiger partial charge >= 0.3 is 35.7 Å². The monoisotopic (exact) mass is 496 g/mol. The van der Waals surface area contributed by atoms with Crippen molar-refractivity contribution < 1.29 is 26.1 Å². The van der Waals surface area contributed by atoms with E-state index in [1.807, 2.05) is 0 Å². The van der Waals surface area contributed by atoms with Crippen molar-refractivity contribution in [3.8, 4) is 11.3 Å². The molecule has 170 valence electrons. The molecule has 4 aromatic rings. The molecule has 3 N–H and O–H groups in total. The molecule has 0 amide bonds. The van der Waals surface area contributed by atoms with Crippen LogP contribution in [0.2, 0.25) is 0 Å². The van der Waals surface area contributed by atoms with Crippen LogP contribution in [0.5, 0.6) is 0 Å². The fourth-order valence-corrected chi connectivity index (χ4v) is 3.92. The van der Waals surface area contributed by atoms with Gasteiger partial charge in [-0.1, -0.05) is 36.4 Å². The van der Waals surface area contributed by atoms with Crippen LogP contribution >= 0.6 is 0 Å². The summed E-state index contributed by atoms with van der Waals surface area (Å²) in [5.74, 6) is 0. The number of rotatable bonds is 4. The molecule has 1 heterocycles. The number of nitrogens with two attached hydrogens (primary N) is 1. The molecule has 0 atom stereocenters. The van der Waals surface area contributed by atoms with E-state index in [9.17, 15) is 26.1 Å². The molecule has 1 aromatic heterocycles. The summed E-state index contributed by atoms with van der Waals surface area (Å²) in [5, 5.41) is 8.64. The fourth-order valence-electron chi connectivity index (χ4n) is 3.20. The van der Waals surface area contributed by atoms with E-state index in [2.05, 4.69) is 15.2 Å². The first-order chi connectivity index (χ1) is 15.5. The Balaban J connectivity index is 0.00000324. The summed E-state index contributed by atoms with van der Waals surface area (Å²) >= 11 is 0. The van der Waals surface area contributed by atoms with Crippen molar-refractivity contribution in [3.05, 3.63) is 78.5 Å². The van der Waals surface area contributed by atoms with E-state index in [1.165, 1.54) is 24.4 Å². The van der Waals surface area contributed by atoms with Crippen LogP contribution in [0, 0.1) is 0 Å². The van der Waals surface area contributed by atoms with Gasteiger partial charge in [-0.15, -0.1) is 10.2 Å². The predicted molar refractivity (Wildman–Crippen MR) is 124 cm³/mol. The van der Waals surface area contributed by atoms with Gasteiger partial charge in [0.25, 0.3) is 10.1 Å². The van der Waals surface area contributed by atoms with Crippen molar-refractivity contribution in [2.75, 3.05) is 5.73 Å². The standard InChI is InChI=1S/C22H15F3N4O3S.Na.H/c23-22(24,25)14-7-5-13(6-8-14)18-10-9-15(12-27-18)28-29-19-11-20(33(30,31)32)16-3-1-2-4-17(16)21(19)26;;/h1-12H,26H2,(H,30,31,32);;/b29-28+;;. The molecule has 0 saturated heterocycles. The summed E-state index contributed by atoms with van der Waals surface area (Å²) < 4.78 is 71.3. The van der Waals surface area contributed by atoms with Crippen molar-refractivity contribution in [3.63, 3.8) is 0 Å². The number of halogens is 3. The predicted octanol–water partition coefficient (Wildman–Crippen LogP) is 5.52. The summed E-state index contributed by atoms with van der Waals surface area (Å²) in [5.41, 5.74) is 6.79. The van der Waals surface area contributed by atoms with Crippen molar-refractivity contribution in [2.45, 2.75) is 11.1 Å². The van der Waals surface area contributed by atoms with Crippen LogP contribution in [0.25, 0.3) is 22.0 Å². The van der Waals surface area contributed by atoms with Gasteiger partial charge in [-0.3, -0.25) is 9.54 Å². The van der Waals surface area contributed by atoms with Gasteiger partial charge in [-0.05, 0) is 30.3 Å². The molecule has 7 nitrogen and oxygen atoms in total. The average Bonchev–Trinajstić information content (AvgIpc) is 2.78. The fraction of sp³-hybridized carbons (Fsp3) is 0.0455. The normalized spacial score (nSPS) is 12.1. The second-order valence-corrected chi connectivity index (χ2v) is 8.39. The summed E-state index contributed by atoms with van der Waals surface area (Å²) in [4.78, 5) is 3.83. The number of benzene rings is 3. The Morgan fingerprint density at radius 1 is 0.912 bits per heavy atom. The van der Waals surface area contributed by atoms with Crippen LogP contribution in [-0.4, -0.2) is 47.5 Å². The molecule has 0 radical (unpaired) electrons. The molecule has 4 rings (SSSR count). The Bertz CT molecular complexity index is 1470. The second kappa shape index (κ2) is 9.80. The van der Waals surface area contributed by atoms with Gasteiger partial charge in [0.2, 0.25) is 0 Å². The third-order valence-electron chi connectivity index (χ3n) is 4.83. The first-order valence-corrected chi connectivity index (χ1v) is 10.8. The van der Waals surface area contributed by atoms with E-state index in [1.54, 1.807) is 30.3 Å². The Kier molecular flexibility index (Phi) is 7.44. The van der Waals surface area contributed by atoms with Gasteiger partial charge in [0, 0.05) is 16.3 Å². The molecule has 34 heavy (non-hydrogen) atoms. The quantitative estimate of drug-likeness (QED) is 0.167. The average molecular weight is 496 g/mol. The molecule has 12 heteroatoms. The number of nitrogen functional groups attached to an aromatic ring is 1. The van der Waals surface area contributed by atoms with Gasteiger partial charge in [-0.25, -0.2) is 0 Å². The summed E-state index contributed by atoms with van der Waals surface area (Å²) in [7, 11) is -4.54. The number of nitrogens with zero attached hydrogens (tertiary/aromatic N) is 3. The number of fused-ring (bicyclic) bond motifs is 1. The van der Waals surface area contributed by atoms with Gasteiger partial charge < -0.3 is 5.73 Å². The zero-order valence-electron chi connectivity index (χ0n) is 16.7. The number of alkyl halides is 3. The van der Waals surface area contributed by atoms with Crippen LogP contribution < -0.4 is 5.73 Å². The minimum atomic E-state index is -4.54. The minimum absolute atomic E-state index is 0. The van der Waals surface area contributed by atoms with Crippen molar-refractivity contribution in [1.29, 1.82) is 0 Å². The van der Waals surface area contributed by atoms with Crippen LogP contribution in [0.4, 0.5) is 30.2 Å². The molecule has 0 spiro atoms. The number of hydrogen-bond acceptors (Lipinski definition) is 6. The maximum atomic E-state index is 12.7. The third kappa shape index (κ3) is 5.45. The second-order valence-electron chi connectivity index (χ2n) is 7.00. The molecule has 0 aliphatic rings. The summed E-state index contributed by atoms with van der Waals surface area (Å²) in [6.45, 7) is 0. The number of aromatic nitrogens is 1. The zero-order chi connectivity index (χ0) is 23.8. The van der Waals surface area contributed by atoms with Gasteiger partial charge in [0.15, 0.2) is 0 Å². The van der Waals surface area contributed by atoms with E-state index in [0.717, 1.165) is 18.2 Å². The van der Waals surface area contributed by atoms with Crippen LogP contribution in [0.15, 0.2) is 88.1 Å². The molecular formula is C22H16F3N4NaO3S. The first-order valence-electron chi connectivity index (χ1n) is 9.38. The van der Waals surface area contributed by atoms with E-state index >= 15 is 0 Å². The molecule has 0 aliphatic heterocycles. The number of pyridine rings is 1. The molecule has 0 aliphatic carbocycles. The topological polar surface area (TPSA) is 118 Å². The van der Waals surface area contributed by atoms with Crippen molar-refractivity contribution in [2.24, 2.45) is 10.2 Å². The maximum absolute atomic E-state index is 12.7. The molecule has 0 saturated carbocycles. The van der Waals surface area contributed by atoms with Crippen molar-refractivity contribution in [1.82, 2.24) is 4.98 Å². The van der Waals surface area contributed by atoms with Crippen LogP contribution in [0.3, 0.4) is 0 Å². The van der Waals surface area contributed by atoms with Gasteiger partial charge in [-0.2, -0.15) is 21.6 Å². The number of azo groups is 1. The van der Waals surface area contributed by atoms with E-state index < -0.39 is 21.9 Å². The number of hydrogen-bond donors (Lipinski definition) is 2. The van der Waals surface area contributed by atoms with Crippen LogP contribution in [-0.2, 0) is 16.3 Å². The molecule has 3 aromatic carbocycles. The van der Waals surface area contributed by atoms with Gasteiger partial charge in [0.1, 0.15) is 16.3 Å². The molecule has 0 bridgehead atoms. The Morgan fingerprint density at radius 3 is 2.12 bits per heavy atom. The Morgan fingerprint density at radius 2 is 1.56 bits per heavy atom. The third-order valence-corrected chi connectivity index (χ3v) is 5.73. The van der Waals surface area contributed by atoms with E-state index in [0.29, 0.717) is 22.3 Å². The first kappa shape index (κ1) is 25.8. The van der Waals surface area contributed by atoms with E-state index in [-0.39, 0.29) is 51.2 Å². The van der Waals surface area contributed by atoms with Crippen LogP contribution in [0.1, 0.15) is 5.56 Å². The zero-order valence-corrected chi connectivity index (χ0v) is 17.5. The molecular weight excluding hydrogens is 480 g/mol. The SMILES string of the molecule is Nc1c(/N=N/c2ccc(-c3ccc(C(F)(F)F)cc3)nc2)cc(S(=O)(=O)O)c2ccccc12.[NaH]. The number of anilines is 1. The van der Waals surface area contributed by atoms with Crippen molar-refractivity contribution >= 4 is 67.5 Å². The molecule has 0 unspecified atom stereocenters. The summed E-state index contributed by atoms with van der Waals surface area (Å²) in [6.07, 6.45) is -3.06. The molecule has 0 fully saturated rings. The summed E-state index contributed by atoms with van der Waals surface area (Å²) in [6, 6.07) is 15.2. The van der Waals surface area contributed by atoms with Gasteiger partial charge in [0.05, 0.1) is 23.1 Å². The Hall–Kier alpha value is -2.83.